The topological polar surface area (TPSA) is 83.1 Å². The molecule has 0 saturated heterocycles. The Hall–Kier alpha value is -3.06. The number of carbonyl (C=O) groups is 2. The van der Waals surface area contributed by atoms with Crippen molar-refractivity contribution in [1.82, 2.24) is 0 Å². The van der Waals surface area contributed by atoms with E-state index in [0.29, 0.717) is 29.4 Å². The summed E-state index contributed by atoms with van der Waals surface area (Å²) in [7, 11) is 3.07. The van der Waals surface area contributed by atoms with E-state index in [4.69, 9.17) is 18.9 Å². The Labute approximate surface area is 158 Å². The van der Waals surface area contributed by atoms with Gasteiger partial charge < -0.3 is 24.3 Å². The molecule has 7 heteroatoms. The van der Waals surface area contributed by atoms with Crippen LogP contribution in [-0.2, 0) is 14.3 Å². The van der Waals surface area contributed by atoms with Crippen LogP contribution in [0.2, 0.25) is 0 Å². The van der Waals surface area contributed by atoms with Crippen LogP contribution in [0.5, 0.6) is 11.5 Å². The maximum Gasteiger partial charge on any atom is 0.344 e. The summed E-state index contributed by atoms with van der Waals surface area (Å²) in [6.07, 6.45) is 0. The number of amides is 1. The molecule has 2 aromatic rings. The third-order valence-electron chi connectivity index (χ3n) is 3.63. The number of hydrogen-bond acceptors (Lipinski definition) is 6. The SMILES string of the molecule is COCCOC(=O)COc1ccc(C(=O)Nc2cc(C)ccc2OC)cc1. The molecule has 0 aliphatic heterocycles. The Kier molecular flexibility index (Phi) is 7.63. The molecule has 0 bridgehead atoms. The lowest BCUT2D eigenvalue weighted by atomic mass is 10.1. The van der Waals surface area contributed by atoms with Gasteiger partial charge in [-0.2, -0.15) is 0 Å². The maximum atomic E-state index is 12.4. The van der Waals surface area contributed by atoms with Gasteiger partial charge in [0.2, 0.25) is 0 Å². The second-order valence-corrected chi connectivity index (χ2v) is 5.68. The Balaban J connectivity index is 1.92. The number of methoxy groups -OCH3 is 2. The van der Waals surface area contributed by atoms with E-state index in [0.717, 1.165) is 5.56 Å². The van der Waals surface area contributed by atoms with Gasteiger partial charge in [0.1, 0.15) is 18.1 Å². The highest BCUT2D eigenvalue weighted by Crippen LogP contribution is 2.26. The zero-order valence-electron chi connectivity index (χ0n) is 15.6. The van der Waals surface area contributed by atoms with Gasteiger partial charge in [0, 0.05) is 12.7 Å². The largest absolute Gasteiger partial charge is 0.495 e. The number of benzene rings is 2. The van der Waals surface area contributed by atoms with Gasteiger partial charge in [0.15, 0.2) is 6.61 Å². The van der Waals surface area contributed by atoms with Crippen LogP contribution in [0.25, 0.3) is 0 Å². The van der Waals surface area contributed by atoms with E-state index in [9.17, 15) is 9.59 Å². The fourth-order valence-corrected chi connectivity index (χ4v) is 2.24. The minimum Gasteiger partial charge on any atom is -0.495 e. The molecule has 0 saturated carbocycles. The van der Waals surface area contributed by atoms with Gasteiger partial charge in [-0.1, -0.05) is 6.07 Å². The number of carbonyl (C=O) groups excluding carboxylic acids is 2. The van der Waals surface area contributed by atoms with Crippen molar-refractivity contribution in [3.63, 3.8) is 0 Å². The quantitative estimate of drug-likeness (QED) is 0.538. The lowest BCUT2D eigenvalue weighted by molar-refractivity contribution is -0.147. The molecule has 27 heavy (non-hydrogen) atoms. The van der Waals surface area contributed by atoms with E-state index in [-0.39, 0.29) is 19.1 Å². The van der Waals surface area contributed by atoms with Crippen molar-refractivity contribution in [3.8, 4) is 11.5 Å². The van der Waals surface area contributed by atoms with Crippen molar-refractivity contribution in [2.75, 3.05) is 39.4 Å². The van der Waals surface area contributed by atoms with Crippen LogP contribution < -0.4 is 14.8 Å². The van der Waals surface area contributed by atoms with Gasteiger partial charge in [-0.25, -0.2) is 4.79 Å². The standard InChI is InChI=1S/C20H23NO6/c1-14-4-9-18(25-3)17(12-14)21-20(23)15-5-7-16(8-6-15)27-13-19(22)26-11-10-24-2/h4-9,12H,10-11,13H2,1-3H3,(H,21,23). The van der Waals surface area contributed by atoms with E-state index in [1.807, 2.05) is 19.1 Å². The fourth-order valence-electron chi connectivity index (χ4n) is 2.24. The molecule has 2 aromatic carbocycles. The lowest BCUT2D eigenvalue weighted by Gasteiger charge is -2.11. The molecule has 0 radical (unpaired) electrons. The number of aryl methyl sites for hydroxylation is 1. The molecule has 0 aliphatic rings. The highest BCUT2D eigenvalue weighted by Gasteiger charge is 2.11. The summed E-state index contributed by atoms with van der Waals surface area (Å²) in [6.45, 7) is 2.23. The van der Waals surface area contributed by atoms with E-state index in [2.05, 4.69) is 5.32 Å². The molecule has 144 valence electrons. The average molecular weight is 373 g/mol. The molecular weight excluding hydrogens is 350 g/mol. The van der Waals surface area contributed by atoms with Gasteiger partial charge in [0.05, 0.1) is 19.4 Å². The van der Waals surface area contributed by atoms with Crippen molar-refractivity contribution >= 4 is 17.6 Å². The summed E-state index contributed by atoms with van der Waals surface area (Å²) >= 11 is 0. The predicted octanol–water partition coefficient (Wildman–Crippen LogP) is 2.82. The number of ether oxygens (including phenoxy) is 4. The minimum atomic E-state index is -0.486. The van der Waals surface area contributed by atoms with Crippen molar-refractivity contribution in [2.45, 2.75) is 6.92 Å². The zero-order chi connectivity index (χ0) is 19.6. The first-order chi connectivity index (χ1) is 13.0. The Morgan fingerprint density at radius 1 is 1.00 bits per heavy atom. The normalized spacial score (nSPS) is 10.2. The molecule has 1 N–H and O–H groups in total. The van der Waals surface area contributed by atoms with E-state index >= 15 is 0 Å². The summed E-state index contributed by atoms with van der Waals surface area (Å²) in [5.74, 6) is 0.286. The van der Waals surface area contributed by atoms with Crippen LogP contribution in [0.15, 0.2) is 42.5 Å². The van der Waals surface area contributed by atoms with E-state index in [1.165, 1.54) is 7.11 Å². The van der Waals surface area contributed by atoms with Crippen LogP contribution in [0.4, 0.5) is 5.69 Å². The second-order valence-electron chi connectivity index (χ2n) is 5.68. The third-order valence-corrected chi connectivity index (χ3v) is 3.63. The van der Waals surface area contributed by atoms with Gasteiger partial charge in [-0.15, -0.1) is 0 Å². The van der Waals surface area contributed by atoms with Crippen LogP contribution in [-0.4, -0.2) is 45.9 Å². The first-order valence-corrected chi connectivity index (χ1v) is 8.37. The molecule has 0 fully saturated rings. The summed E-state index contributed by atoms with van der Waals surface area (Å²) in [5, 5.41) is 2.83. The highest BCUT2D eigenvalue weighted by molar-refractivity contribution is 6.05. The smallest absolute Gasteiger partial charge is 0.344 e. The van der Waals surface area contributed by atoms with Crippen LogP contribution in [0, 0.1) is 6.92 Å². The van der Waals surface area contributed by atoms with Gasteiger partial charge in [-0.3, -0.25) is 4.79 Å². The molecule has 0 spiro atoms. The molecule has 1 amide bonds. The third kappa shape index (κ3) is 6.31. The number of hydrogen-bond donors (Lipinski definition) is 1. The lowest BCUT2D eigenvalue weighted by Crippen LogP contribution is -2.17. The summed E-state index contributed by atoms with van der Waals surface area (Å²) in [5.41, 5.74) is 2.06. The van der Waals surface area contributed by atoms with Crippen molar-refractivity contribution < 1.29 is 28.5 Å². The monoisotopic (exact) mass is 373 g/mol. The molecule has 0 unspecified atom stereocenters. The molecule has 2 rings (SSSR count). The average Bonchev–Trinajstić information content (AvgIpc) is 2.67. The number of anilines is 1. The molecule has 0 aliphatic carbocycles. The van der Waals surface area contributed by atoms with Crippen molar-refractivity contribution in [3.05, 3.63) is 53.6 Å². The maximum absolute atomic E-state index is 12.4. The molecule has 0 heterocycles. The van der Waals surface area contributed by atoms with Crippen molar-refractivity contribution in [1.29, 1.82) is 0 Å². The number of esters is 1. The second kappa shape index (κ2) is 10.2. The summed E-state index contributed by atoms with van der Waals surface area (Å²) < 4.78 is 20.3. The minimum absolute atomic E-state index is 0.181. The van der Waals surface area contributed by atoms with Crippen molar-refractivity contribution in [2.24, 2.45) is 0 Å². The first kappa shape index (κ1) is 20.3. The van der Waals surface area contributed by atoms with Gasteiger partial charge in [0.25, 0.3) is 5.91 Å². The predicted molar refractivity (Wildman–Crippen MR) is 100 cm³/mol. The van der Waals surface area contributed by atoms with E-state index in [1.54, 1.807) is 37.4 Å². The first-order valence-electron chi connectivity index (χ1n) is 8.37. The van der Waals surface area contributed by atoms with Crippen LogP contribution in [0.1, 0.15) is 15.9 Å². The number of nitrogens with one attached hydrogen (secondary N) is 1. The molecule has 0 atom stereocenters. The van der Waals surface area contributed by atoms with Gasteiger partial charge in [-0.05, 0) is 48.9 Å². The fraction of sp³-hybridized carbons (Fsp3) is 0.300. The summed E-state index contributed by atoms with van der Waals surface area (Å²) in [4.78, 5) is 23.9. The summed E-state index contributed by atoms with van der Waals surface area (Å²) in [6, 6.07) is 12.0. The highest BCUT2D eigenvalue weighted by atomic mass is 16.6. The Morgan fingerprint density at radius 2 is 1.74 bits per heavy atom. The molecular formula is C20H23NO6. The number of rotatable bonds is 9. The Bertz CT molecular complexity index is 773. The van der Waals surface area contributed by atoms with Crippen LogP contribution >= 0.6 is 0 Å². The zero-order valence-corrected chi connectivity index (χ0v) is 15.6. The van der Waals surface area contributed by atoms with Gasteiger partial charge >= 0.3 is 5.97 Å². The van der Waals surface area contributed by atoms with E-state index < -0.39 is 5.97 Å². The molecule has 7 nitrogen and oxygen atoms in total. The Morgan fingerprint density at radius 3 is 2.41 bits per heavy atom. The molecule has 0 aromatic heterocycles. The van der Waals surface area contributed by atoms with Crippen LogP contribution in [0.3, 0.4) is 0 Å².